The van der Waals surface area contributed by atoms with Gasteiger partial charge >= 0.3 is 5.97 Å². The zero-order valence-corrected chi connectivity index (χ0v) is 13.1. The van der Waals surface area contributed by atoms with Crippen molar-refractivity contribution in [1.82, 2.24) is 5.32 Å². The molecule has 0 aliphatic heterocycles. The molecule has 0 radical (unpaired) electrons. The van der Waals surface area contributed by atoms with Gasteiger partial charge < -0.3 is 10.4 Å². The van der Waals surface area contributed by atoms with Crippen molar-refractivity contribution in [3.05, 3.63) is 0 Å². The number of hydrogen-bond acceptors (Lipinski definition) is 3. The van der Waals surface area contributed by atoms with Crippen molar-refractivity contribution in [3.8, 4) is 0 Å². The lowest BCUT2D eigenvalue weighted by Gasteiger charge is -2.10. The Labute approximate surface area is 127 Å². The Bertz CT molecular complexity index is 305. The Morgan fingerprint density at radius 3 is 2.00 bits per heavy atom. The topological polar surface area (TPSA) is 83.5 Å². The molecule has 0 aromatic carbocycles. The number of carbonyl (C=O) groups is 3. The van der Waals surface area contributed by atoms with Crippen LogP contribution in [0.5, 0.6) is 0 Å². The van der Waals surface area contributed by atoms with Crippen LogP contribution >= 0.6 is 0 Å². The molecule has 0 aromatic rings. The third-order valence-electron chi connectivity index (χ3n) is 3.62. The fraction of sp³-hybridized carbons (Fsp3) is 0.812. The summed E-state index contributed by atoms with van der Waals surface area (Å²) in [6, 6.07) is 0. The van der Waals surface area contributed by atoms with Crippen molar-refractivity contribution < 1.29 is 19.5 Å². The fourth-order valence-electron chi connectivity index (χ4n) is 2.29. The Balaban J connectivity index is 3.63. The standard InChI is InChI=1S/C16H29NO4/c1-2-3-4-5-6-7-8-9-10-11-15(19)14(16(20)21)12-17-13-18/h13-14H,2-12H2,1H3,(H,17,18)(H,20,21). The van der Waals surface area contributed by atoms with Crippen LogP contribution in [0.15, 0.2) is 0 Å². The zero-order chi connectivity index (χ0) is 15.9. The second-order valence-electron chi connectivity index (χ2n) is 5.46. The quantitative estimate of drug-likeness (QED) is 0.277. The van der Waals surface area contributed by atoms with Gasteiger partial charge in [-0.25, -0.2) is 0 Å². The summed E-state index contributed by atoms with van der Waals surface area (Å²) in [6.45, 7) is 2.08. The summed E-state index contributed by atoms with van der Waals surface area (Å²) < 4.78 is 0. The third-order valence-corrected chi connectivity index (χ3v) is 3.62. The molecule has 5 nitrogen and oxygen atoms in total. The maximum Gasteiger partial charge on any atom is 0.315 e. The number of ketones is 1. The number of carboxylic acid groups (broad SMARTS) is 1. The summed E-state index contributed by atoms with van der Waals surface area (Å²) in [5.41, 5.74) is 0. The van der Waals surface area contributed by atoms with Gasteiger partial charge in [0.2, 0.25) is 6.41 Å². The van der Waals surface area contributed by atoms with Crippen LogP contribution in [0, 0.1) is 5.92 Å². The average Bonchev–Trinajstić information content (AvgIpc) is 2.45. The highest BCUT2D eigenvalue weighted by Crippen LogP contribution is 2.12. The van der Waals surface area contributed by atoms with Gasteiger partial charge in [-0.05, 0) is 6.42 Å². The first-order chi connectivity index (χ1) is 10.1. The van der Waals surface area contributed by atoms with E-state index in [0.29, 0.717) is 6.41 Å². The van der Waals surface area contributed by atoms with Gasteiger partial charge in [-0.15, -0.1) is 0 Å². The maximum absolute atomic E-state index is 11.8. The lowest BCUT2D eigenvalue weighted by Crippen LogP contribution is -2.33. The van der Waals surface area contributed by atoms with Gasteiger partial charge in [0.1, 0.15) is 11.7 Å². The van der Waals surface area contributed by atoms with Crippen LogP contribution in [0.4, 0.5) is 0 Å². The molecule has 0 aliphatic rings. The van der Waals surface area contributed by atoms with Gasteiger partial charge in [0.05, 0.1) is 0 Å². The van der Waals surface area contributed by atoms with Gasteiger partial charge in [0.15, 0.2) is 0 Å². The largest absolute Gasteiger partial charge is 0.481 e. The van der Waals surface area contributed by atoms with Gasteiger partial charge in [0.25, 0.3) is 0 Å². The van der Waals surface area contributed by atoms with Gasteiger partial charge in [-0.1, -0.05) is 58.3 Å². The van der Waals surface area contributed by atoms with E-state index < -0.39 is 11.9 Å². The maximum atomic E-state index is 11.8. The summed E-state index contributed by atoms with van der Waals surface area (Å²) in [7, 11) is 0. The van der Waals surface area contributed by atoms with Gasteiger partial charge in [0, 0.05) is 13.0 Å². The molecular weight excluding hydrogens is 270 g/mol. The molecule has 0 aromatic heterocycles. The molecule has 122 valence electrons. The number of carboxylic acids is 1. The average molecular weight is 299 g/mol. The smallest absolute Gasteiger partial charge is 0.315 e. The van der Waals surface area contributed by atoms with Crippen molar-refractivity contribution in [2.24, 2.45) is 5.92 Å². The second kappa shape index (κ2) is 13.6. The Morgan fingerprint density at radius 1 is 1.00 bits per heavy atom. The summed E-state index contributed by atoms with van der Waals surface area (Å²) in [5, 5.41) is 11.2. The van der Waals surface area contributed by atoms with E-state index in [1.54, 1.807) is 0 Å². The molecule has 1 unspecified atom stereocenters. The minimum atomic E-state index is -1.16. The number of aliphatic carboxylic acids is 1. The molecule has 2 N–H and O–H groups in total. The van der Waals surface area contributed by atoms with Crippen molar-refractivity contribution in [3.63, 3.8) is 0 Å². The molecular formula is C16H29NO4. The molecule has 21 heavy (non-hydrogen) atoms. The Kier molecular flexibility index (Phi) is 12.7. The summed E-state index contributed by atoms with van der Waals surface area (Å²) >= 11 is 0. The number of hydrogen-bond donors (Lipinski definition) is 2. The molecule has 5 heteroatoms. The van der Waals surface area contributed by atoms with Gasteiger partial charge in [-0.2, -0.15) is 0 Å². The Morgan fingerprint density at radius 2 is 1.52 bits per heavy atom. The molecule has 1 atom stereocenters. The molecule has 0 rings (SSSR count). The minimum absolute atomic E-state index is 0.116. The van der Waals surface area contributed by atoms with E-state index in [1.807, 2.05) is 0 Å². The van der Waals surface area contributed by atoms with Crippen LogP contribution in [-0.4, -0.2) is 29.8 Å². The lowest BCUT2D eigenvalue weighted by atomic mass is 9.98. The number of nitrogens with one attached hydrogen (secondary N) is 1. The van der Waals surface area contributed by atoms with E-state index in [0.717, 1.165) is 19.3 Å². The molecule has 0 heterocycles. The van der Waals surface area contributed by atoms with Crippen LogP contribution < -0.4 is 5.32 Å². The predicted molar refractivity (Wildman–Crippen MR) is 82.0 cm³/mol. The number of carbonyl (C=O) groups excluding carboxylic acids is 2. The third kappa shape index (κ3) is 11.0. The fourth-order valence-corrected chi connectivity index (χ4v) is 2.29. The number of Topliss-reactive ketones (excluding diaryl/α,β-unsaturated/α-hetero) is 1. The van der Waals surface area contributed by atoms with Crippen LogP contribution in [0.1, 0.15) is 71.1 Å². The van der Waals surface area contributed by atoms with Crippen LogP contribution in [0.25, 0.3) is 0 Å². The second-order valence-corrected chi connectivity index (χ2v) is 5.46. The van der Waals surface area contributed by atoms with E-state index >= 15 is 0 Å². The van der Waals surface area contributed by atoms with Crippen molar-refractivity contribution >= 4 is 18.2 Å². The van der Waals surface area contributed by atoms with Crippen molar-refractivity contribution in [2.45, 2.75) is 71.1 Å². The van der Waals surface area contributed by atoms with Crippen LogP contribution in [-0.2, 0) is 14.4 Å². The summed E-state index contributed by atoms with van der Waals surface area (Å²) in [4.78, 5) is 32.9. The van der Waals surface area contributed by atoms with E-state index in [4.69, 9.17) is 5.11 Å². The molecule has 0 fully saturated rings. The van der Waals surface area contributed by atoms with E-state index in [1.165, 1.54) is 38.5 Å². The zero-order valence-electron chi connectivity index (χ0n) is 13.1. The van der Waals surface area contributed by atoms with E-state index in [-0.39, 0.29) is 18.7 Å². The summed E-state index contributed by atoms with van der Waals surface area (Å²) in [5.74, 6) is -2.56. The summed E-state index contributed by atoms with van der Waals surface area (Å²) in [6.07, 6.45) is 11.1. The predicted octanol–water partition coefficient (Wildman–Crippen LogP) is 2.92. The van der Waals surface area contributed by atoms with Crippen LogP contribution in [0.3, 0.4) is 0 Å². The van der Waals surface area contributed by atoms with Crippen molar-refractivity contribution in [1.29, 1.82) is 0 Å². The molecule has 0 saturated heterocycles. The highest BCUT2D eigenvalue weighted by molar-refractivity contribution is 5.98. The first kappa shape index (κ1) is 19.6. The molecule has 0 aliphatic carbocycles. The Hall–Kier alpha value is -1.39. The SMILES string of the molecule is CCCCCCCCCCCC(=O)C(CNC=O)C(=O)O. The van der Waals surface area contributed by atoms with E-state index in [9.17, 15) is 14.4 Å². The highest BCUT2D eigenvalue weighted by Gasteiger charge is 2.24. The molecule has 0 saturated carbocycles. The van der Waals surface area contributed by atoms with E-state index in [2.05, 4.69) is 12.2 Å². The first-order valence-electron chi connectivity index (χ1n) is 8.06. The molecule has 0 bridgehead atoms. The van der Waals surface area contributed by atoms with Crippen molar-refractivity contribution in [2.75, 3.05) is 6.54 Å². The molecule has 0 spiro atoms. The monoisotopic (exact) mass is 299 g/mol. The van der Waals surface area contributed by atoms with Gasteiger partial charge in [-0.3, -0.25) is 14.4 Å². The highest BCUT2D eigenvalue weighted by atomic mass is 16.4. The number of unbranched alkanes of at least 4 members (excludes halogenated alkanes) is 8. The first-order valence-corrected chi connectivity index (χ1v) is 8.06. The van der Waals surface area contributed by atoms with Crippen LogP contribution in [0.2, 0.25) is 0 Å². The molecule has 1 amide bonds. The minimum Gasteiger partial charge on any atom is -0.481 e. The lowest BCUT2D eigenvalue weighted by molar-refractivity contribution is -0.146. The number of amides is 1. The normalized spacial score (nSPS) is 11.9. The number of rotatable bonds is 15.